The van der Waals surface area contributed by atoms with E-state index >= 15 is 0 Å². The first-order chi connectivity index (χ1) is 6.43. The van der Waals surface area contributed by atoms with Crippen LogP contribution in [0.15, 0.2) is 36.7 Å². The summed E-state index contributed by atoms with van der Waals surface area (Å²) in [5.41, 5.74) is 1.90. The van der Waals surface area contributed by atoms with Crippen molar-refractivity contribution in [1.82, 2.24) is 15.0 Å². The van der Waals surface area contributed by atoms with E-state index in [1.165, 1.54) is 0 Å². The summed E-state index contributed by atoms with van der Waals surface area (Å²) in [4.78, 5) is 11.7. The average Bonchev–Trinajstić information content (AvgIpc) is 2.25. The molecule has 62 valence electrons. The van der Waals surface area contributed by atoms with Crippen LogP contribution in [-0.4, -0.2) is 15.0 Å². The van der Waals surface area contributed by atoms with E-state index in [2.05, 4.69) is 15.0 Å². The summed E-state index contributed by atoms with van der Waals surface area (Å²) >= 11 is 0. The first-order valence-corrected chi connectivity index (χ1v) is 4.12. The molecule has 3 nitrogen and oxygen atoms in total. The number of hydrogen-bond donors (Lipinski definition) is 1. The lowest BCUT2D eigenvalue weighted by atomic mass is 10.2. The maximum Gasteiger partial charge on any atom is 0.158 e. The van der Waals surface area contributed by atoms with Crippen molar-refractivity contribution in [2.45, 2.75) is 0 Å². The zero-order valence-electron chi connectivity index (χ0n) is 6.86. The van der Waals surface area contributed by atoms with E-state index in [0.717, 1.165) is 22.4 Å². The number of nitrogens with zero attached hydrogens (tertiary/aromatic N) is 2. The van der Waals surface area contributed by atoms with E-state index in [9.17, 15) is 0 Å². The molecule has 0 amide bonds. The van der Waals surface area contributed by atoms with E-state index in [0.29, 0.717) is 0 Å². The van der Waals surface area contributed by atoms with Gasteiger partial charge in [0.2, 0.25) is 0 Å². The Bertz CT molecular complexity index is 527. The molecule has 0 aromatic heterocycles. The van der Waals surface area contributed by atoms with Crippen LogP contribution in [0.4, 0.5) is 0 Å². The Labute approximate surface area is 74.8 Å². The van der Waals surface area contributed by atoms with E-state index in [4.69, 9.17) is 0 Å². The zero-order valence-corrected chi connectivity index (χ0v) is 6.86. The second-order valence-electron chi connectivity index (χ2n) is 2.95. The number of aromatic amines is 1. The lowest BCUT2D eigenvalue weighted by molar-refractivity contribution is 1.12. The van der Waals surface area contributed by atoms with Crippen molar-refractivity contribution in [2.24, 2.45) is 0 Å². The van der Waals surface area contributed by atoms with Crippen LogP contribution in [0.3, 0.4) is 0 Å². The normalized spacial score (nSPS) is 11.1. The quantitative estimate of drug-likeness (QED) is 0.559. The lowest BCUT2D eigenvalue weighted by Gasteiger charge is -2.00. The van der Waals surface area contributed by atoms with Gasteiger partial charge in [-0.3, -0.25) is 4.98 Å². The summed E-state index contributed by atoms with van der Waals surface area (Å²) in [6.07, 6.45) is 3.69. The Morgan fingerprint density at radius 3 is 2.92 bits per heavy atom. The van der Waals surface area contributed by atoms with Crippen molar-refractivity contribution in [3.8, 4) is 11.5 Å². The second kappa shape index (κ2) is 2.29. The molecule has 3 heteroatoms. The van der Waals surface area contributed by atoms with Crippen LogP contribution in [0.5, 0.6) is 0 Å². The third-order valence-corrected chi connectivity index (χ3v) is 2.10. The van der Waals surface area contributed by atoms with Gasteiger partial charge < -0.3 is 4.98 Å². The van der Waals surface area contributed by atoms with Crippen LogP contribution in [0.25, 0.3) is 22.4 Å². The number of H-pyrrole nitrogens is 1. The molecule has 2 aliphatic rings. The minimum absolute atomic E-state index is 0.862. The molecule has 0 fully saturated rings. The van der Waals surface area contributed by atoms with E-state index in [1.54, 1.807) is 0 Å². The van der Waals surface area contributed by atoms with Gasteiger partial charge in [-0.25, -0.2) is 4.98 Å². The average molecular weight is 169 g/mol. The van der Waals surface area contributed by atoms with Crippen LogP contribution < -0.4 is 0 Å². The van der Waals surface area contributed by atoms with Crippen LogP contribution in [0.2, 0.25) is 0 Å². The molecule has 0 aliphatic carbocycles. The summed E-state index contributed by atoms with van der Waals surface area (Å²) in [7, 11) is 0. The number of fused-ring (bicyclic) bond motifs is 2. The lowest BCUT2D eigenvalue weighted by Crippen LogP contribution is -1.92. The summed E-state index contributed by atoms with van der Waals surface area (Å²) in [6, 6.07) is 7.95. The number of aromatic nitrogens is 3. The van der Waals surface area contributed by atoms with Gasteiger partial charge in [-0.15, -0.1) is 0 Å². The zero-order chi connectivity index (χ0) is 8.67. The van der Waals surface area contributed by atoms with Gasteiger partial charge in [-0.1, -0.05) is 18.2 Å². The van der Waals surface area contributed by atoms with Crippen molar-refractivity contribution >= 4 is 10.9 Å². The molecular formula is C10H7N3. The smallest absolute Gasteiger partial charge is 0.158 e. The molecule has 0 saturated heterocycles. The van der Waals surface area contributed by atoms with Gasteiger partial charge >= 0.3 is 0 Å². The molecule has 0 radical (unpaired) electrons. The first-order valence-electron chi connectivity index (χ1n) is 4.12. The van der Waals surface area contributed by atoms with Gasteiger partial charge in [0.1, 0.15) is 5.69 Å². The van der Waals surface area contributed by atoms with Gasteiger partial charge in [-0.05, 0) is 6.07 Å². The maximum absolute atomic E-state index is 4.42. The topological polar surface area (TPSA) is 41.6 Å². The molecule has 13 heavy (non-hydrogen) atoms. The van der Waals surface area contributed by atoms with Crippen LogP contribution in [-0.2, 0) is 0 Å². The molecule has 1 aromatic carbocycles. The fourth-order valence-electron chi connectivity index (χ4n) is 1.35. The van der Waals surface area contributed by atoms with Crippen LogP contribution >= 0.6 is 0 Å². The van der Waals surface area contributed by atoms with Gasteiger partial charge in [0.05, 0.1) is 5.52 Å². The molecule has 0 spiro atoms. The number of para-hydroxylation sites is 1. The summed E-state index contributed by atoms with van der Waals surface area (Å²) < 4.78 is 0. The van der Waals surface area contributed by atoms with Gasteiger partial charge in [0, 0.05) is 17.8 Å². The highest BCUT2D eigenvalue weighted by Gasteiger charge is 2.06. The molecule has 0 saturated carbocycles. The number of rotatable bonds is 0. The predicted molar refractivity (Wildman–Crippen MR) is 50.5 cm³/mol. The van der Waals surface area contributed by atoms with Crippen molar-refractivity contribution in [3.63, 3.8) is 0 Å². The van der Waals surface area contributed by atoms with E-state index < -0.39 is 0 Å². The van der Waals surface area contributed by atoms with Gasteiger partial charge in [0.15, 0.2) is 5.82 Å². The summed E-state index contributed by atoms with van der Waals surface area (Å²) in [6.45, 7) is 0. The van der Waals surface area contributed by atoms with Crippen molar-refractivity contribution in [1.29, 1.82) is 0 Å². The Kier molecular flexibility index (Phi) is 1.16. The fourth-order valence-corrected chi connectivity index (χ4v) is 1.35. The molecule has 0 bridgehead atoms. The first kappa shape index (κ1) is 6.60. The number of hydrogen-bond acceptors (Lipinski definition) is 2. The van der Waals surface area contributed by atoms with Crippen LogP contribution in [0, 0.1) is 0 Å². The molecule has 0 atom stereocenters. The fraction of sp³-hybridized carbons (Fsp3) is 0. The Morgan fingerprint density at radius 2 is 2.08 bits per heavy atom. The molecule has 0 unspecified atom stereocenters. The van der Waals surface area contributed by atoms with Gasteiger partial charge in [-0.2, -0.15) is 0 Å². The molecule has 2 aliphatic heterocycles. The molecule has 1 aromatic rings. The SMILES string of the molecule is c1ccc2nc3[nH]cc-3ncc2c1. The second-order valence-corrected chi connectivity index (χ2v) is 2.95. The number of benzene rings is 1. The standard InChI is InChI=1S/C10H7N3/c1-2-4-8-7(3-1)5-11-9-6-12-10(9)13-8/h1-6H,(H,12,13). The van der Waals surface area contributed by atoms with Gasteiger partial charge in [0.25, 0.3) is 0 Å². The summed E-state index contributed by atoms with van der Waals surface area (Å²) in [5, 5.41) is 1.06. The highest BCUT2D eigenvalue weighted by atomic mass is 15.0. The Morgan fingerprint density at radius 1 is 1.15 bits per heavy atom. The third kappa shape index (κ3) is 0.902. The highest BCUT2D eigenvalue weighted by molar-refractivity contribution is 5.79. The largest absolute Gasteiger partial charge is 0.343 e. The minimum Gasteiger partial charge on any atom is -0.343 e. The van der Waals surface area contributed by atoms with E-state index in [1.807, 2.05) is 36.7 Å². The predicted octanol–water partition coefficient (Wildman–Crippen LogP) is 2.06. The van der Waals surface area contributed by atoms with Crippen LogP contribution in [0.1, 0.15) is 0 Å². The Hall–Kier alpha value is -1.90. The summed E-state index contributed by atoms with van der Waals surface area (Å²) in [5.74, 6) is 0.862. The molecule has 3 rings (SSSR count). The third-order valence-electron chi connectivity index (χ3n) is 2.10. The molecule has 2 heterocycles. The van der Waals surface area contributed by atoms with E-state index in [-0.39, 0.29) is 0 Å². The molecular weight excluding hydrogens is 162 g/mol. The van der Waals surface area contributed by atoms with Crippen molar-refractivity contribution < 1.29 is 0 Å². The van der Waals surface area contributed by atoms with Crippen molar-refractivity contribution in [2.75, 3.05) is 0 Å². The highest BCUT2D eigenvalue weighted by Crippen LogP contribution is 2.18. The van der Waals surface area contributed by atoms with Crippen molar-refractivity contribution in [3.05, 3.63) is 36.7 Å². The maximum atomic E-state index is 4.42. The minimum atomic E-state index is 0.862. The Balaban J connectivity index is 2.50. The molecule has 1 N–H and O–H groups in total. The monoisotopic (exact) mass is 169 g/mol. The number of nitrogens with one attached hydrogen (secondary N) is 1.